The molecule has 2 aliphatic heterocycles. The number of hydrogen-bond donors (Lipinski definition) is 2. The fraction of sp³-hybridized carbons (Fsp3) is 0.567. The first-order valence-corrected chi connectivity index (χ1v) is 17.5. The summed E-state index contributed by atoms with van der Waals surface area (Å²) in [7, 11) is -3.49. The van der Waals surface area contributed by atoms with Crippen LogP contribution in [-0.4, -0.2) is 66.4 Å². The molecule has 3 atom stereocenters. The average Bonchev–Trinajstić information content (AvgIpc) is 3.74. The van der Waals surface area contributed by atoms with Crippen LogP contribution in [0.2, 0.25) is 0 Å². The standard InChI is InChI=1S/C30H38N6O5S2/c1-17(2)41-30(37)33-28-22-15-35(16-23(22)28)29-31-14-24(42-29)21-10-7-19(13-25(21)43(38,39)20-8-9-20)32-26-12-18(3)36(34-26)27-6-4-5-11-40-27/h7,10,12-14,17,20,22-23,27-28H,4-6,8-9,11,15-16H2,1-3H3,(H,32,34)(H,33,37). The Morgan fingerprint density at radius 2 is 1.93 bits per heavy atom. The van der Waals surface area contributed by atoms with Crippen molar-refractivity contribution in [3.05, 3.63) is 36.2 Å². The third-order valence-electron chi connectivity index (χ3n) is 8.73. The smallest absolute Gasteiger partial charge is 0.407 e. The van der Waals surface area contributed by atoms with Crippen LogP contribution in [0.5, 0.6) is 0 Å². The highest BCUT2D eigenvalue weighted by atomic mass is 32.2. The van der Waals surface area contributed by atoms with E-state index in [2.05, 4.69) is 20.5 Å². The highest BCUT2D eigenvalue weighted by Gasteiger charge is 2.57. The van der Waals surface area contributed by atoms with Gasteiger partial charge in [-0.1, -0.05) is 17.4 Å². The van der Waals surface area contributed by atoms with E-state index in [-0.39, 0.29) is 29.7 Å². The molecule has 1 amide bonds. The second-order valence-corrected chi connectivity index (χ2v) is 15.6. The second-order valence-electron chi connectivity index (χ2n) is 12.4. The van der Waals surface area contributed by atoms with Crippen molar-refractivity contribution >= 4 is 43.9 Å². The molecule has 2 N–H and O–H groups in total. The minimum absolute atomic E-state index is 0.0666. The lowest BCUT2D eigenvalue weighted by Gasteiger charge is -2.23. The van der Waals surface area contributed by atoms with Crippen LogP contribution < -0.4 is 15.5 Å². The number of hydrogen-bond acceptors (Lipinski definition) is 10. The molecule has 4 fully saturated rings. The second kappa shape index (κ2) is 11.1. The number of amides is 1. The van der Waals surface area contributed by atoms with E-state index >= 15 is 0 Å². The molecule has 230 valence electrons. The predicted octanol–water partition coefficient (Wildman–Crippen LogP) is 5.26. The summed E-state index contributed by atoms with van der Waals surface area (Å²) >= 11 is 1.51. The van der Waals surface area contributed by atoms with E-state index in [0.29, 0.717) is 46.6 Å². The van der Waals surface area contributed by atoms with Gasteiger partial charge >= 0.3 is 6.09 Å². The molecule has 2 saturated heterocycles. The summed E-state index contributed by atoms with van der Waals surface area (Å²) in [5, 5.41) is 11.6. The van der Waals surface area contributed by atoms with Crippen LogP contribution in [0.3, 0.4) is 0 Å². The molecule has 7 rings (SSSR count). The summed E-state index contributed by atoms with van der Waals surface area (Å²) in [6.45, 7) is 8.02. The van der Waals surface area contributed by atoms with Gasteiger partial charge in [0, 0.05) is 66.8 Å². The van der Waals surface area contributed by atoms with Gasteiger partial charge in [0.2, 0.25) is 0 Å². The Balaban J connectivity index is 1.08. The Morgan fingerprint density at radius 3 is 2.63 bits per heavy atom. The summed E-state index contributed by atoms with van der Waals surface area (Å²) in [5.74, 6) is 1.41. The zero-order chi connectivity index (χ0) is 29.9. The zero-order valence-electron chi connectivity index (χ0n) is 24.7. The Labute approximate surface area is 255 Å². The molecule has 11 nitrogen and oxygen atoms in total. The van der Waals surface area contributed by atoms with Crippen molar-refractivity contribution in [1.29, 1.82) is 0 Å². The van der Waals surface area contributed by atoms with Crippen LogP contribution in [0, 0.1) is 18.8 Å². The number of aromatic nitrogens is 3. The molecule has 13 heteroatoms. The first-order chi connectivity index (χ1) is 20.7. The molecule has 2 saturated carbocycles. The number of nitrogens with zero attached hydrogens (tertiary/aromatic N) is 4. The molecule has 3 unspecified atom stereocenters. The van der Waals surface area contributed by atoms with Gasteiger partial charge in [-0.05, 0) is 65.0 Å². The number of rotatable bonds is 9. The maximum Gasteiger partial charge on any atom is 0.407 e. The van der Waals surface area contributed by atoms with E-state index in [1.807, 2.05) is 43.7 Å². The molecule has 2 aromatic heterocycles. The van der Waals surface area contributed by atoms with Crippen molar-refractivity contribution in [2.45, 2.75) is 81.4 Å². The molecule has 0 radical (unpaired) electrons. The van der Waals surface area contributed by atoms with Gasteiger partial charge in [-0.3, -0.25) is 0 Å². The summed E-state index contributed by atoms with van der Waals surface area (Å²) < 4.78 is 40.3. The number of anilines is 3. The van der Waals surface area contributed by atoms with Crippen LogP contribution in [0.4, 0.5) is 21.4 Å². The fourth-order valence-corrected chi connectivity index (χ4v) is 9.25. The number of ether oxygens (including phenoxy) is 2. The molecule has 4 heterocycles. The normalized spacial score (nSPS) is 25.1. The first kappa shape index (κ1) is 28.6. The molecular weight excluding hydrogens is 589 g/mol. The van der Waals surface area contributed by atoms with Gasteiger partial charge in [0.05, 0.1) is 21.1 Å². The van der Waals surface area contributed by atoms with E-state index in [9.17, 15) is 13.2 Å². The maximum absolute atomic E-state index is 13.6. The summed E-state index contributed by atoms with van der Waals surface area (Å²) in [5.41, 5.74) is 2.35. The summed E-state index contributed by atoms with van der Waals surface area (Å²) in [6.07, 6.45) is 5.70. The van der Waals surface area contributed by atoms with Crippen molar-refractivity contribution in [2.24, 2.45) is 11.8 Å². The molecule has 3 aromatic rings. The molecule has 1 aromatic carbocycles. The van der Waals surface area contributed by atoms with E-state index in [1.165, 1.54) is 11.3 Å². The van der Waals surface area contributed by atoms with Gasteiger partial charge in [-0.15, -0.1) is 0 Å². The van der Waals surface area contributed by atoms with Gasteiger partial charge in [0.25, 0.3) is 0 Å². The Kier molecular flexibility index (Phi) is 7.37. The largest absolute Gasteiger partial charge is 0.447 e. The van der Waals surface area contributed by atoms with Crippen molar-refractivity contribution in [2.75, 3.05) is 29.9 Å². The SMILES string of the molecule is Cc1cc(Nc2ccc(-c3cnc(N4CC5C(C4)C5NC(=O)OC(C)C)s3)c(S(=O)(=O)C3CC3)c2)nn1C1CCCCO1. The lowest BCUT2D eigenvalue weighted by molar-refractivity contribution is -0.0404. The summed E-state index contributed by atoms with van der Waals surface area (Å²) in [4.78, 5) is 20.1. The highest BCUT2D eigenvalue weighted by molar-refractivity contribution is 7.92. The average molecular weight is 627 g/mol. The third kappa shape index (κ3) is 5.74. The molecule has 2 aliphatic carbocycles. The van der Waals surface area contributed by atoms with Crippen LogP contribution in [0.1, 0.15) is 57.9 Å². The quantitative estimate of drug-likeness (QED) is 0.327. The maximum atomic E-state index is 13.6. The lowest BCUT2D eigenvalue weighted by Crippen LogP contribution is -2.35. The number of piperidine rings is 1. The van der Waals surface area contributed by atoms with Gasteiger partial charge in [0.15, 0.2) is 27.0 Å². The Hall–Kier alpha value is -3.16. The van der Waals surface area contributed by atoms with Gasteiger partial charge in [-0.25, -0.2) is 22.9 Å². The van der Waals surface area contributed by atoms with Crippen molar-refractivity contribution in [3.63, 3.8) is 0 Å². The van der Waals surface area contributed by atoms with E-state index < -0.39 is 9.84 Å². The first-order valence-electron chi connectivity index (χ1n) is 15.2. The third-order valence-corrected chi connectivity index (χ3v) is 12.1. The molecule has 4 aliphatic rings. The number of fused-ring (bicyclic) bond motifs is 1. The summed E-state index contributed by atoms with van der Waals surface area (Å²) in [6, 6.07) is 7.63. The number of sulfone groups is 1. The number of alkyl carbamates (subject to hydrolysis) is 1. The van der Waals surface area contributed by atoms with Crippen molar-refractivity contribution in [1.82, 2.24) is 20.1 Å². The minimum Gasteiger partial charge on any atom is -0.447 e. The van der Waals surface area contributed by atoms with Gasteiger partial charge in [-0.2, -0.15) is 5.10 Å². The Bertz CT molecular complexity index is 1610. The molecule has 0 bridgehead atoms. The number of aryl methyl sites for hydroxylation is 1. The van der Waals surface area contributed by atoms with E-state index in [1.54, 1.807) is 12.3 Å². The van der Waals surface area contributed by atoms with Gasteiger partial charge in [0.1, 0.15) is 0 Å². The number of benzene rings is 1. The van der Waals surface area contributed by atoms with E-state index in [4.69, 9.17) is 14.6 Å². The molecular formula is C30H38N6O5S2. The van der Waals surface area contributed by atoms with Gasteiger partial charge < -0.3 is 25.0 Å². The van der Waals surface area contributed by atoms with Crippen LogP contribution in [-0.2, 0) is 19.3 Å². The lowest BCUT2D eigenvalue weighted by atomic mass is 10.2. The van der Waals surface area contributed by atoms with Crippen molar-refractivity contribution in [3.8, 4) is 10.4 Å². The monoisotopic (exact) mass is 626 g/mol. The Morgan fingerprint density at radius 1 is 1.14 bits per heavy atom. The van der Waals surface area contributed by atoms with E-state index in [0.717, 1.165) is 54.7 Å². The number of carbonyl (C=O) groups excluding carboxylic acids is 1. The topological polar surface area (TPSA) is 128 Å². The zero-order valence-corrected chi connectivity index (χ0v) is 26.3. The number of thiazole rings is 1. The minimum atomic E-state index is -3.49. The van der Waals surface area contributed by atoms with Crippen molar-refractivity contribution < 1.29 is 22.7 Å². The van der Waals surface area contributed by atoms with Crippen LogP contribution in [0.15, 0.2) is 35.4 Å². The fourth-order valence-electron chi connectivity index (χ4n) is 6.32. The number of nitrogens with one attached hydrogen (secondary N) is 2. The van der Waals surface area contributed by atoms with Crippen LogP contribution in [0.25, 0.3) is 10.4 Å². The highest BCUT2D eigenvalue weighted by Crippen LogP contribution is 2.48. The molecule has 0 spiro atoms. The predicted molar refractivity (Wildman–Crippen MR) is 165 cm³/mol. The van der Waals surface area contributed by atoms with Crippen LogP contribution >= 0.6 is 11.3 Å². The molecule has 43 heavy (non-hydrogen) atoms. The number of carbonyl (C=O) groups is 1.